The number of rotatable bonds is 7. The largest absolute Gasteiger partial charge is 0.322 e. The molecule has 0 unspecified atom stereocenters. The van der Waals surface area contributed by atoms with Crippen LogP contribution in [-0.4, -0.2) is 16.7 Å². The Labute approximate surface area is 212 Å². The van der Waals surface area contributed by atoms with Gasteiger partial charge >= 0.3 is 0 Å². The summed E-state index contributed by atoms with van der Waals surface area (Å²) in [6.07, 6.45) is 0. The molecule has 4 aromatic rings. The first-order valence-corrected chi connectivity index (χ1v) is 11.9. The molecule has 4 rings (SSSR count). The smallest absolute Gasteiger partial charge is 0.270 e. The molecule has 0 atom stereocenters. The van der Waals surface area contributed by atoms with Crippen LogP contribution >= 0.6 is 11.8 Å². The molecule has 0 bridgehead atoms. The molecule has 0 spiro atoms. The third-order valence-electron chi connectivity index (χ3n) is 5.56. The van der Waals surface area contributed by atoms with Crippen molar-refractivity contribution in [1.82, 2.24) is 0 Å². The predicted molar refractivity (Wildman–Crippen MR) is 142 cm³/mol. The Kier molecular flexibility index (Phi) is 7.46. The summed E-state index contributed by atoms with van der Waals surface area (Å²) in [5.41, 5.74) is 3.66. The van der Waals surface area contributed by atoms with Crippen LogP contribution in [0.3, 0.4) is 0 Å². The fourth-order valence-electron chi connectivity index (χ4n) is 3.56. The normalized spacial score (nSPS) is 10.5. The summed E-state index contributed by atoms with van der Waals surface area (Å²) < 4.78 is 0. The van der Waals surface area contributed by atoms with Crippen LogP contribution in [0.25, 0.3) is 0 Å². The third-order valence-corrected chi connectivity index (χ3v) is 6.69. The van der Waals surface area contributed by atoms with Crippen molar-refractivity contribution in [1.29, 1.82) is 0 Å². The number of amides is 2. The molecule has 0 heterocycles. The van der Waals surface area contributed by atoms with E-state index in [9.17, 15) is 19.7 Å². The van der Waals surface area contributed by atoms with E-state index in [-0.39, 0.29) is 17.2 Å². The molecule has 0 aliphatic heterocycles. The number of aryl methyl sites for hydroxylation is 2. The molecule has 0 aromatic heterocycles. The van der Waals surface area contributed by atoms with Crippen LogP contribution in [0.1, 0.15) is 31.8 Å². The number of carbonyl (C=O) groups excluding carboxylic acids is 2. The summed E-state index contributed by atoms with van der Waals surface area (Å²) in [7, 11) is 0. The summed E-state index contributed by atoms with van der Waals surface area (Å²) in [5.74, 6) is -0.715. The highest BCUT2D eigenvalue weighted by atomic mass is 32.2. The molecule has 8 heteroatoms. The van der Waals surface area contributed by atoms with Gasteiger partial charge in [-0.3, -0.25) is 19.7 Å². The van der Waals surface area contributed by atoms with Gasteiger partial charge in [0, 0.05) is 33.3 Å². The van der Waals surface area contributed by atoms with E-state index in [1.54, 1.807) is 30.3 Å². The molecular weight excluding hydrogens is 474 g/mol. The lowest BCUT2D eigenvalue weighted by Crippen LogP contribution is -2.15. The zero-order chi connectivity index (χ0) is 25.7. The molecule has 0 saturated heterocycles. The van der Waals surface area contributed by atoms with Gasteiger partial charge < -0.3 is 10.6 Å². The number of hydrogen-bond acceptors (Lipinski definition) is 5. The molecule has 180 valence electrons. The van der Waals surface area contributed by atoms with Gasteiger partial charge in [-0.2, -0.15) is 0 Å². The second kappa shape index (κ2) is 10.9. The minimum absolute atomic E-state index is 0.146. The van der Waals surface area contributed by atoms with Crippen molar-refractivity contribution >= 4 is 40.6 Å². The van der Waals surface area contributed by atoms with Crippen LogP contribution in [0, 0.1) is 24.0 Å². The highest BCUT2D eigenvalue weighted by Gasteiger charge is 2.20. The van der Waals surface area contributed by atoms with Crippen LogP contribution in [0.15, 0.2) is 101 Å². The van der Waals surface area contributed by atoms with E-state index in [2.05, 4.69) is 10.6 Å². The SMILES string of the molecule is Cc1ccccc1NC(=O)c1ccccc1Sc1cc([N+](=O)[O-])ccc1C(=O)Nc1ccccc1C. The topological polar surface area (TPSA) is 101 Å². The Balaban J connectivity index is 1.68. The van der Waals surface area contributed by atoms with E-state index in [0.717, 1.165) is 22.9 Å². The number of benzene rings is 4. The summed E-state index contributed by atoms with van der Waals surface area (Å²) in [4.78, 5) is 38.2. The van der Waals surface area contributed by atoms with Crippen molar-refractivity contribution in [3.8, 4) is 0 Å². The van der Waals surface area contributed by atoms with E-state index in [1.165, 1.54) is 18.2 Å². The first-order chi connectivity index (χ1) is 17.3. The lowest BCUT2D eigenvalue weighted by atomic mass is 10.1. The van der Waals surface area contributed by atoms with Crippen molar-refractivity contribution < 1.29 is 14.5 Å². The van der Waals surface area contributed by atoms with Crippen molar-refractivity contribution in [2.24, 2.45) is 0 Å². The molecule has 0 fully saturated rings. The molecule has 7 nitrogen and oxygen atoms in total. The average Bonchev–Trinajstić information content (AvgIpc) is 2.87. The Hall–Kier alpha value is -4.43. The lowest BCUT2D eigenvalue weighted by molar-refractivity contribution is -0.385. The number of nitrogens with one attached hydrogen (secondary N) is 2. The van der Waals surface area contributed by atoms with Crippen molar-refractivity contribution in [3.05, 3.63) is 123 Å². The second-order valence-electron chi connectivity index (χ2n) is 8.07. The molecule has 36 heavy (non-hydrogen) atoms. The van der Waals surface area contributed by atoms with E-state index >= 15 is 0 Å². The molecule has 4 aromatic carbocycles. The van der Waals surface area contributed by atoms with Gasteiger partial charge in [0.25, 0.3) is 17.5 Å². The number of anilines is 2. The summed E-state index contributed by atoms with van der Waals surface area (Å²) >= 11 is 1.13. The van der Waals surface area contributed by atoms with Crippen LogP contribution in [0.4, 0.5) is 17.1 Å². The lowest BCUT2D eigenvalue weighted by Gasteiger charge is -2.14. The average molecular weight is 498 g/mol. The first kappa shape index (κ1) is 24.7. The third kappa shape index (κ3) is 5.61. The summed E-state index contributed by atoms with van der Waals surface area (Å²) in [6.45, 7) is 3.78. The van der Waals surface area contributed by atoms with Crippen LogP contribution in [-0.2, 0) is 0 Å². The van der Waals surface area contributed by atoms with Crippen molar-refractivity contribution in [2.45, 2.75) is 23.6 Å². The molecule has 0 aliphatic carbocycles. The summed E-state index contributed by atoms with van der Waals surface area (Å²) in [5, 5.41) is 17.3. The van der Waals surface area contributed by atoms with E-state index in [1.807, 2.05) is 56.3 Å². The second-order valence-corrected chi connectivity index (χ2v) is 9.16. The quantitative estimate of drug-likeness (QED) is 0.214. The highest BCUT2D eigenvalue weighted by Crippen LogP contribution is 2.36. The Morgan fingerprint density at radius 1 is 0.694 bits per heavy atom. The first-order valence-electron chi connectivity index (χ1n) is 11.1. The zero-order valence-electron chi connectivity index (χ0n) is 19.6. The minimum Gasteiger partial charge on any atom is -0.322 e. The molecule has 0 aliphatic rings. The Morgan fingerprint density at radius 3 is 1.75 bits per heavy atom. The Morgan fingerprint density at radius 2 is 1.19 bits per heavy atom. The number of nitro groups is 1. The van der Waals surface area contributed by atoms with Gasteiger partial charge in [0.1, 0.15) is 0 Å². The maximum Gasteiger partial charge on any atom is 0.270 e. The Bertz CT molecular complexity index is 1470. The van der Waals surface area contributed by atoms with Gasteiger partial charge in [-0.1, -0.05) is 60.3 Å². The number of non-ortho nitro benzene ring substituents is 1. The number of para-hydroxylation sites is 2. The van der Waals surface area contributed by atoms with Gasteiger partial charge in [-0.15, -0.1) is 0 Å². The maximum absolute atomic E-state index is 13.2. The van der Waals surface area contributed by atoms with E-state index in [0.29, 0.717) is 26.7 Å². The van der Waals surface area contributed by atoms with Gasteiger partial charge in [-0.05, 0) is 55.3 Å². The fraction of sp³-hybridized carbons (Fsp3) is 0.0714. The number of carbonyl (C=O) groups is 2. The fourth-order valence-corrected chi connectivity index (χ4v) is 4.67. The van der Waals surface area contributed by atoms with Crippen molar-refractivity contribution in [2.75, 3.05) is 10.6 Å². The van der Waals surface area contributed by atoms with Crippen LogP contribution in [0.5, 0.6) is 0 Å². The van der Waals surface area contributed by atoms with E-state index in [4.69, 9.17) is 0 Å². The van der Waals surface area contributed by atoms with E-state index < -0.39 is 10.8 Å². The van der Waals surface area contributed by atoms with Crippen LogP contribution < -0.4 is 10.6 Å². The zero-order valence-corrected chi connectivity index (χ0v) is 20.5. The van der Waals surface area contributed by atoms with Gasteiger partial charge in [0.2, 0.25) is 0 Å². The maximum atomic E-state index is 13.2. The summed E-state index contributed by atoms with van der Waals surface area (Å²) in [6, 6.07) is 25.8. The number of hydrogen-bond donors (Lipinski definition) is 2. The van der Waals surface area contributed by atoms with Gasteiger partial charge in [0.15, 0.2) is 0 Å². The van der Waals surface area contributed by atoms with Crippen molar-refractivity contribution in [3.63, 3.8) is 0 Å². The monoisotopic (exact) mass is 497 g/mol. The van der Waals surface area contributed by atoms with Crippen LogP contribution in [0.2, 0.25) is 0 Å². The standard InChI is InChI=1S/C28H23N3O4S/c1-18-9-3-6-12-23(18)29-27(32)21-11-5-8-14-25(21)36-26-17-20(31(34)35)15-16-22(26)28(33)30-24-13-7-4-10-19(24)2/h3-17H,1-2H3,(H,29,32)(H,30,33). The number of nitro benzene ring substituents is 1. The molecular formula is C28H23N3O4S. The molecule has 0 radical (unpaired) electrons. The highest BCUT2D eigenvalue weighted by molar-refractivity contribution is 7.99. The predicted octanol–water partition coefficient (Wildman–Crippen LogP) is 6.87. The molecule has 2 amide bonds. The molecule has 0 saturated carbocycles. The van der Waals surface area contributed by atoms with Gasteiger partial charge in [0.05, 0.1) is 16.1 Å². The van der Waals surface area contributed by atoms with Gasteiger partial charge in [-0.25, -0.2) is 0 Å². The number of nitrogens with zero attached hydrogens (tertiary/aromatic N) is 1. The molecule has 2 N–H and O–H groups in total. The minimum atomic E-state index is -0.510.